The molecular formula is C17H15N3O. The third-order valence-corrected chi connectivity index (χ3v) is 3.09. The van der Waals surface area contributed by atoms with Crippen molar-refractivity contribution in [3.05, 3.63) is 72.6 Å². The van der Waals surface area contributed by atoms with Gasteiger partial charge in [-0.15, -0.1) is 0 Å². The van der Waals surface area contributed by atoms with Crippen molar-refractivity contribution in [3.8, 4) is 17.1 Å². The summed E-state index contributed by atoms with van der Waals surface area (Å²) in [4.78, 5) is 8.71. The Balaban J connectivity index is 1.68. The highest BCUT2D eigenvalue weighted by atomic mass is 16.3. The van der Waals surface area contributed by atoms with Gasteiger partial charge in [-0.1, -0.05) is 42.5 Å². The Morgan fingerprint density at radius 3 is 2.38 bits per heavy atom. The molecule has 0 unspecified atom stereocenters. The molecule has 0 atom stereocenters. The quantitative estimate of drug-likeness (QED) is 0.766. The Bertz CT molecular complexity index is 712. The number of anilines is 1. The number of aromatic hydroxyl groups is 1. The molecule has 1 heterocycles. The highest BCUT2D eigenvalue weighted by Gasteiger charge is 2.01. The fraction of sp³-hybridized carbons (Fsp3) is 0.0588. The zero-order chi connectivity index (χ0) is 14.5. The Kier molecular flexibility index (Phi) is 3.78. The minimum atomic E-state index is 0.268. The number of aromatic nitrogens is 2. The van der Waals surface area contributed by atoms with Crippen LogP contribution in [0.4, 0.5) is 5.69 Å². The topological polar surface area (TPSA) is 58.0 Å². The summed E-state index contributed by atoms with van der Waals surface area (Å²) in [7, 11) is 0. The summed E-state index contributed by atoms with van der Waals surface area (Å²) in [6.07, 6.45) is 3.52. The third-order valence-electron chi connectivity index (χ3n) is 3.09. The first-order valence-electron chi connectivity index (χ1n) is 6.70. The van der Waals surface area contributed by atoms with E-state index in [1.807, 2.05) is 42.5 Å². The van der Waals surface area contributed by atoms with Crippen LogP contribution >= 0.6 is 0 Å². The van der Waals surface area contributed by atoms with Gasteiger partial charge in [0.2, 0.25) is 0 Å². The van der Waals surface area contributed by atoms with Crippen LogP contribution in [0.2, 0.25) is 0 Å². The van der Waals surface area contributed by atoms with E-state index in [1.165, 1.54) is 0 Å². The Labute approximate surface area is 123 Å². The summed E-state index contributed by atoms with van der Waals surface area (Å²) in [5.74, 6) is 0.975. The Morgan fingerprint density at radius 1 is 0.905 bits per heavy atom. The molecule has 0 aliphatic carbocycles. The van der Waals surface area contributed by atoms with Crippen molar-refractivity contribution in [2.24, 2.45) is 0 Å². The van der Waals surface area contributed by atoms with Gasteiger partial charge < -0.3 is 10.4 Å². The van der Waals surface area contributed by atoms with Crippen molar-refractivity contribution >= 4 is 5.69 Å². The van der Waals surface area contributed by atoms with Crippen LogP contribution in [0.25, 0.3) is 11.4 Å². The fourth-order valence-corrected chi connectivity index (χ4v) is 2.03. The summed E-state index contributed by atoms with van der Waals surface area (Å²) in [5.41, 5.74) is 2.84. The number of benzene rings is 2. The molecule has 21 heavy (non-hydrogen) atoms. The average molecular weight is 277 g/mol. The molecular weight excluding hydrogens is 262 g/mol. The molecule has 2 N–H and O–H groups in total. The van der Waals surface area contributed by atoms with E-state index in [1.54, 1.807) is 24.5 Å². The molecule has 0 radical (unpaired) electrons. The zero-order valence-electron chi connectivity index (χ0n) is 11.4. The lowest BCUT2D eigenvalue weighted by Gasteiger charge is -2.07. The van der Waals surface area contributed by atoms with Gasteiger partial charge in [0.1, 0.15) is 5.75 Å². The van der Waals surface area contributed by atoms with E-state index in [-0.39, 0.29) is 5.75 Å². The van der Waals surface area contributed by atoms with Crippen molar-refractivity contribution < 1.29 is 5.11 Å². The summed E-state index contributed by atoms with van der Waals surface area (Å²) < 4.78 is 0. The maximum Gasteiger partial charge on any atom is 0.159 e. The second-order valence-electron chi connectivity index (χ2n) is 4.68. The first-order chi connectivity index (χ1) is 10.3. The van der Waals surface area contributed by atoms with Gasteiger partial charge >= 0.3 is 0 Å². The molecule has 3 rings (SSSR count). The van der Waals surface area contributed by atoms with E-state index < -0.39 is 0 Å². The molecule has 1 aromatic heterocycles. The van der Waals surface area contributed by atoms with E-state index in [9.17, 15) is 5.11 Å². The van der Waals surface area contributed by atoms with Gasteiger partial charge in [0, 0.05) is 12.1 Å². The fourth-order valence-electron chi connectivity index (χ4n) is 2.03. The highest BCUT2D eigenvalue weighted by molar-refractivity contribution is 5.55. The Morgan fingerprint density at radius 2 is 1.67 bits per heavy atom. The predicted molar refractivity (Wildman–Crippen MR) is 82.9 cm³/mol. The highest BCUT2D eigenvalue weighted by Crippen LogP contribution is 2.16. The van der Waals surface area contributed by atoms with Gasteiger partial charge in [-0.2, -0.15) is 0 Å². The zero-order valence-corrected chi connectivity index (χ0v) is 11.4. The van der Waals surface area contributed by atoms with Crippen molar-refractivity contribution in [2.75, 3.05) is 5.32 Å². The molecule has 0 saturated carbocycles. The van der Waals surface area contributed by atoms with Crippen molar-refractivity contribution in [1.29, 1.82) is 0 Å². The molecule has 0 amide bonds. The lowest BCUT2D eigenvalue weighted by Crippen LogP contribution is -2.00. The molecule has 0 aliphatic rings. The van der Waals surface area contributed by atoms with E-state index >= 15 is 0 Å². The molecule has 104 valence electrons. The number of rotatable bonds is 4. The molecule has 2 aromatic carbocycles. The van der Waals surface area contributed by atoms with E-state index in [2.05, 4.69) is 15.3 Å². The summed E-state index contributed by atoms with van der Waals surface area (Å²) in [6.45, 7) is 0.614. The number of nitrogens with zero attached hydrogens (tertiary/aromatic N) is 2. The average Bonchev–Trinajstić information content (AvgIpc) is 2.54. The van der Waals surface area contributed by atoms with Gasteiger partial charge in [0.15, 0.2) is 5.82 Å². The summed E-state index contributed by atoms with van der Waals surface area (Å²) >= 11 is 0. The standard InChI is InChI=1S/C17H15N3O/c21-16-8-4-5-13(9-16)10-18-15-11-19-17(20-12-15)14-6-2-1-3-7-14/h1-9,11-12,18,21H,10H2. The smallest absolute Gasteiger partial charge is 0.159 e. The van der Waals surface area contributed by atoms with Crippen LogP contribution in [0.1, 0.15) is 5.56 Å². The molecule has 0 bridgehead atoms. The van der Waals surface area contributed by atoms with Crippen molar-refractivity contribution in [2.45, 2.75) is 6.54 Å². The first-order valence-corrected chi connectivity index (χ1v) is 6.70. The van der Waals surface area contributed by atoms with E-state index in [0.717, 1.165) is 16.8 Å². The third kappa shape index (κ3) is 3.36. The van der Waals surface area contributed by atoms with Crippen LogP contribution in [0.3, 0.4) is 0 Å². The van der Waals surface area contributed by atoms with Crippen LogP contribution in [0.15, 0.2) is 67.0 Å². The lowest BCUT2D eigenvalue weighted by atomic mass is 10.2. The molecule has 3 aromatic rings. The largest absolute Gasteiger partial charge is 0.508 e. The number of hydrogen-bond acceptors (Lipinski definition) is 4. The molecule has 0 saturated heterocycles. The van der Waals surface area contributed by atoms with Crippen molar-refractivity contribution in [1.82, 2.24) is 9.97 Å². The van der Waals surface area contributed by atoms with Gasteiger partial charge in [0.25, 0.3) is 0 Å². The number of phenolic OH excluding ortho intramolecular Hbond substituents is 1. The minimum absolute atomic E-state index is 0.268. The summed E-state index contributed by atoms with van der Waals surface area (Å²) in [5, 5.41) is 12.7. The lowest BCUT2D eigenvalue weighted by molar-refractivity contribution is 0.474. The maximum atomic E-state index is 9.42. The Hall–Kier alpha value is -2.88. The molecule has 0 fully saturated rings. The number of phenols is 1. The van der Waals surface area contributed by atoms with Crippen LogP contribution in [0, 0.1) is 0 Å². The monoisotopic (exact) mass is 277 g/mol. The number of hydrogen-bond donors (Lipinski definition) is 2. The van der Waals surface area contributed by atoms with E-state index in [4.69, 9.17) is 0 Å². The SMILES string of the molecule is Oc1cccc(CNc2cnc(-c3ccccc3)nc2)c1. The summed E-state index contributed by atoms with van der Waals surface area (Å²) in [6, 6.07) is 17.0. The molecule has 4 heteroatoms. The van der Waals surface area contributed by atoms with Crippen LogP contribution in [-0.2, 0) is 6.54 Å². The maximum absolute atomic E-state index is 9.42. The molecule has 0 spiro atoms. The van der Waals surface area contributed by atoms with Gasteiger partial charge in [-0.25, -0.2) is 9.97 Å². The van der Waals surface area contributed by atoms with Gasteiger partial charge in [-0.05, 0) is 17.7 Å². The van der Waals surface area contributed by atoms with Gasteiger partial charge in [-0.3, -0.25) is 0 Å². The second-order valence-corrected chi connectivity index (χ2v) is 4.68. The minimum Gasteiger partial charge on any atom is -0.508 e. The molecule has 0 aliphatic heterocycles. The van der Waals surface area contributed by atoms with Crippen LogP contribution in [0.5, 0.6) is 5.75 Å². The van der Waals surface area contributed by atoms with Crippen molar-refractivity contribution in [3.63, 3.8) is 0 Å². The van der Waals surface area contributed by atoms with Gasteiger partial charge in [0.05, 0.1) is 18.1 Å². The first kappa shape index (κ1) is 13.1. The number of nitrogens with one attached hydrogen (secondary N) is 1. The predicted octanol–water partition coefficient (Wildman–Crippen LogP) is 3.46. The van der Waals surface area contributed by atoms with E-state index in [0.29, 0.717) is 12.4 Å². The van der Waals surface area contributed by atoms with Crippen LogP contribution < -0.4 is 5.32 Å². The van der Waals surface area contributed by atoms with Crippen LogP contribution in [-0.4, -0.2) is 15.1 Å². The normalized spacial score (nSPS) is 10.3. The molecule has 4 nitrogen and oxygen atoms in total. The second kappa shape index (κ2) is 6.05.